The van der Waals surface area contributed by atoms with Crippen molar-refractivity contribution in [3.05, 3.63) is 76.1 Å². The number of hydrogen-bond donors (Lipinski definition) is 2. The van der Waals surface area contributed by atoms with E-state index < -0.39 is 36.4 Å². The van der Waals surface area contributed by atoms with Gasteiger partial charge in [-0.2, -0.15) is 0 Å². The molecule has 2 N–H and O–H groups in total. The van der Waals surface area contributed by atoms with Crippen molar-refractivity contribution in [1.29, 1.82) is 0 Å². The standard InChI is InChI=1S/C27H27ClN2O6S/c1-4-35-27(34)24-20(14-21(37-24)17-10-6-5-7-11-17)29-22(31)15-36-26(33)23(16(2)3)30-25(32)18-12-8-9-13-19(18)28/h5-14,16,23H,4,15H2,1-3H3,(H,29,31)(H,30,32). The molecule has 194 valence electrons. The van der Waals surface area contributed by atoms with Crippen molar-refractivity contribution in [1.82, 2.24) is 5.32 Å². The molecule has 3 aromatic rings. The lowest BCUT2D eigenvalue weighted by atomic mass is 10.0. The summed E-state index contributed by atoms with van der Waals surface area (Å²) in [6.07, 6.45) is 0. The van der Waals surface area contributed by atoms with Crippen LogP contribution in [-0.2, 0) is 19.1 Å². The van der Waals surface area contributed by atoms with Crippen molar-refractivity contribution in [3.8, 4) is 10.4 Å². The average molecular weight is 543 g/mol. The van der Waals surface area contributed by atoms with E-state index in [-0.39, 0.29) is 33.7 Å². The monoisotopic (exact) mass is 542 g/mol. The molecule has 0 aliphatic heterocycles. The SMILES string of the molecule is CCOC(=O)c1sc(-c2ccccc2)cc1NC(=O)COC(=O)C(NC(=O)c1ccccc1Cl)C(C)C. The molecule has 0 fully saturated rings. The van der Waals surface area contributed by atoms with Crippen LogP contribution in [0, 0.1) is 5.92 Å². The minimum atomic E-state index is -1.00. The number of halogens is 1. The third-order valence-electron chi connectivity index (χ3n) is 5.20. The molecule has 0 radical (unpaired) electrons. The molecule has 10 heteroatoms. The molecule has 0 saturated heterocycles. The maximum atomic E-state index is 12.7. The average Bonchev–Trinajstić information content (AvgIpc) is 3.30. The molecule has 2 aromatic carbocycles. The molecule has 0 aliphatic carbocycles. The molecule has 37 heavy (non-hydrogen) atoms. The van der Waals surface area contributed by atoms with E-state index in [2.05, 4.69) is 10.6 Å². The number of rotatable bonds is 10. The largest absolute Gasteiger partial charge is 0.462 e. The lowest BCUT2D eigenvalue weighted by Gasteiger charge is -2.21. The first kappa shape index (κ1) is 27.9. The van der Waals surface area contributed by atoms with Gasteiger partial charge in [0.2, 0.25) is 0 Å². The third kappa shape index (κ3) is 7.41. The van der Waals surface area contributed by atoms with Crippen LogP contribution < -0.4 is 10.6 Å². The molecular weight excluding hydrogens is 516 g/mol. The van der Waals surface area contributed by atoms with Gasteiger partial charge in [-0.15, -0.1) is 11.3 Å². The number of nitrogens with one attached hydrogen (secondary N) is 2. The van der Waals surface area contributed by atoms with Gasteiger partial charge in [-0.1, -0.05) is 67.9 Å². The number of esters is 2. The van der Waals surface area contributed by atoms with Crippen LogP contribution >= 0.6 is 22.9 Å². The summed E-state index contributed by atoms with van der Waals surface area (Å²) in [5, 5.41) is 5.49. The first-order chi connectivity index (χ1) is 17.7. The van der Waals surface area contributed by atoms with Crippen LogP contribution in [0.15, 0.2) is 60.7 Å². The van der Waals surface area contributed by atoms with Crippen LogP contribution in [0.1, 0.15) is 40.8 Å². The summed E-state index contributed by atoms with van der Waals surface area (Å²) in [5.41, 5.74) is 1.35. The normalized spacial score (nSPS) is 11.5. The number of ether oxygens (including phenoxy) is 2. The lowest BCUT2D eigenvalue weighted by molar-refractivity contribution is -0.150. The highest BCUT2D eigenvalue weighted by atomic mass is 35.5. The van der Waals surface area contributed by atoms with Gasteiger partial charge < -0.3 is 20.1 Å². The fourth-order valence-corrected chi connectivity index (χ4v) is 4.59. The maximum Gasteiger partial charge on any atom is 0.350 e. The molecule has 2 amide bonds. The quantitative estimate of drug-likeness (QED) is 0.341. The Morgan fingerprint density at radius 2 is 1.65 bits per heavy atom. The van der Waals surface area contributed by atoms with Gasteiger partial charge in [0, 0.05) is 4.88 Å². The second-order valence-electron chi connectivity index (χ2n) is 8.27. The first-order valence-corrected chi connectivity index (χ1v) is 12.8. The first-order valence-electron chi connectivity index (χ1n) is 11.6. The molecule has 1 aromatic heterocycles. The Morgan fingerprint density at radius 1 is 0.973 bits per heavy atom. The predicted octanol–water partition coefficient (Wildman–Crippen LogP) is 5.18. The van der Waals surface area contributed by atoms with Crippen molar-refractivity contribution in [2.24, 2.45) is 5.92 Å². The number of anilines is 1. The van der Waals surface area contributed by atoms with Crippen LogP contribution in [0.4, 0.5) is 5.69 Å². The van der Waals surface area contributed by atoms with Gasteiger partial charge in [-0.05, 0) is 36.6 Å². The van der Waals surface area contributed by atoms with E-state index in [0.29, 0.717) is 0 Å². The fourth-order valence-electron chi connectivity index (χ4n) is 3.35. The molecule has 0 bridgehead atoms. The second-order valence-corrected chi connectivity index (χ2v) is 9.73. The number of hydrogen-bond acceptors (Lipinski definition) is 7. The van der Waals surface area contributed by atoms with Gasteiger partial charge in [0.1, 0.15) is 10.9 Å². The van der Waals surface area contributed by atoms with Crippen LogP contribution in [0.3, 0.4) is 0 Å². The number of carbonyl (C=O) groups excluding carboxylic acids is 4. The zero-order valence-corrected chi connectivity index (χ0v) is 22.2. The lowest BCUT2D eigenvalue weighted by Crippen LogP contribution is -2.46. The number of amides is 2. The Hall–Kier alpha value is -3.69. The third-order valence-corrected chi connectivity index (χ3v) is 6.69. The Balaban J connectivity index is 1.67. The number of carbonyl (C=O) groups is 4. The second kappa shape index (κ2) is 13.0. The predicted molar refractivity (Wildman–Crippen MR) is 143 cm³/mol. The Kier molecular flexibility index (Phi) is 9.82. The minimum Gasteiger partial charge on any atom is -0.462 e. The molecule has 1 atom stereocenters. The zero-order valence-electron chi connectivity index (χ0n) is 20.6. The Labute approximate surface area is 223 Å². The van der Waals surface area contributed by atoms with Gasteiger partial charge in [0.15, 0.2) is 6.61 Å². The van der Waals surface area contributed by atoms with Gasteiger partial charge in [0.05, 0.1) is 22.9 Å². The van der Waals surface area contributed by atoms with E-state index in [1.807, 2.05) is 30.3 Å². The Morgan fingerprint density at radius 3 is 2.30 bits per heavy atom. The Bertz CT molecular complexity index is 1270. The molecule has 8 nitrogen and oxygen atoms in total. The topological polar surface area (TPSA) is 111 Å². The molecule has 0 aliphatic rings. The van der Waals surface area contributed by atoms with E-state index in [1.54, 1.807) is 51.1 Å². The summed E-state index contributed by atoms with van der Waals surface area (Å²) in [6.45, 7) is 4.74. The molecule has 0 saturated carbocycles. The number of thiophene rings is 1. The molecule has 1 heterocycles. The van der Waals surface area contributed by atoms with Crippen molar-refractivity contribution >= 4 is 52.4 Å². The number of benzene rings is 2. The highest BCUT2D eigenvalue weighted by Crippen LogP contribution is 2.35. The van der Waals surface area contributed by atoms with E-state index in [0.717, 1.165) is 10.4 Å². The van der Waals surface area contributed by atoms with Crippen LogP contribution in [-0.4, -0.2) is 43.0 Å². The van der Waals surface area contributed by atoms with Crippen molar-refractivity contribution < 1.29 is 28.7 Å². The smallest absolute Gasteiger partial charge is 0.350 e. The van der Waals surface area contributed by atoms with Gasteiger partial charge >= 0.3 is 11.9 Å². The van der Waals surface area contributed by atoms with Crippen LogP contribution in [0.2, 0.25) is 5.02 Å². The highest BCUT2D eigenvalue weighted by Gasteiger charge is 2.28. The van der Waals surface area contributed by atoms with Crippen molar-refractivity contribution in [2.45, 2.75) is 26.8 Å². The summed E-state index contributed by atoms with van der Waals surface area (Å²) in [7, 11) is 0. The van der Waals surface area contributed by atoms with E-state index in [4.69, 9.17) is 21.1 Å². The highest BCUT2D eigenvalue weighted by molar-refractivity contribution is 7.18. The minimum absolute atomic E-state index is 0.179. The van der Waals surface area contributed by atoms with Gasteiger partial charge in [-0.3, -0.25) is 9.59 Å². The van der Waals surface area contributed by atoms with Crippen LogP contribution in [0.5, 0.6) is 0 Å². The van der Waals surface area contributed by atoms with E-state index >= 15 is 0 Å². The molecular formula is C27H27ClN2O6S. The van der Waals surface area contributed by atoms with Gasteiger partial charge in [0.25, 0.3) is 11.8 Å². The van der Waals surface area contributed by atoms with Gasteiger partial charge in [-0.25, -0.2) is 9.59 Å². The maximum absolute atomic E-state index is 12.7. The fraction of sp³-hybridized carbons (Fsp3) is 0.259. The van der Waals surface area contributed by atoms with Crippen molar-refractivity contribution in [2.75, 3.05) is 18.5 Å². The molecule has 3 rings (SSSR count). The molecule has 0 spiro atoms. The summed E-state index contributed by atoms with van der Waals surface area (Å²) in [4.78, 5) is 51.4. The summed E-state index contributed by atoms with van der Waals surface area (Å²) in [6, 6.07) is 16.5. The van der Waals surface area contributed by atoms with E-state index in [9.17, 15) is 19.2 Å². The zero-order chi connectivity index (χ0) is 26.9. The summed E-state index contributed by atoms with van der Waals surface area (Å²) < 4.78 is 10.3. The summed E-state index contributed by atoms with van der Waals surface area (Å²) >= 11 is 7.26. The molecule has 1 unspecified atom stereocenters. The van der Waals surface area contributed by atoms with Crippen LogP contribution in [0.25, 0.3) is 10.4 Å². The van der Waals surface area contributed by atoms with E-state index in [1.165, 1.54) is 11.3 Å². The van der Waals surface area contributed by atoms with Crippen molar-refractivity contribution in [3.63, 3.8) is 0 Å². The summed E-state index contributed by atoms with van der Waals surface area (Å²) in [5.74, 6) is -2.83.